The number of alkyl halides is 3. The maximum absolute atomic E-state index is 13.2. The van der Waals surface area contributed by atoms with Gasteiger partial charge in [-0.1, -0.05) is 36.4 Å². The standard InChI is InChI=1S/C19H13F4N3O/c20-15-8-4-7-13(9-15)18(27)26-25-17-11-14(19(21,22)23)10-16(24-17)12-5-2-1-3-6-12/h1-11H,(H,24,25)(H,26,27). The number of rotatable bonds is 4. The van der Waals surface area contributed by atoms with E-state index in [9.17, 15) is 22.4 Å². The molecular weight excluding hydrogens is 362 g/mol. The van der Waals surface area contributed by atoms with E-state index in [2.05, 4.69) is 15.8 Å². The van der Waals surface area contributed by atoms with Crippen LogP contribution in [0.15, 0.2) is 66.7 Å². The molecule has 0 atom stereocenters. The average molecular weight is 375 g/mol. The van der Waals surface area contributed by atoms with Crippen LogP contribution in [0.2, 0.25) is 0 Å². The molecule has 138 valence electrons. The molecule has 0 fully saturated rings. The van der Waals surface area contributed by atoms with Gasteiger partial charge in [0.15, 0.2) is 0 Å². The number of benzene rings is 2. The molecule has 1 heterocycles. The Morgan fingerprint density at radius 1 is 0.926 bits per heavy atom. The van der Waals surface area contributed by atoms with Crippen molar-refractivity contribution in [3.05, 3.63) is 83.7 Å². The Balaban J connectivity index is 1.87. The van der Waals surface area contributed by atoms with Gasteiger partial charge >= 0.3 is 6.18 Å². The Bertz CT molecular complexity index is 959. The van der Waals surface area contributed by atoms with E-state index in [1.54, 1.807) is 30.3 Å². The third-order valence-corrected chi connectivity index (χ3v) is 3.61. The summed E-state index contributed by atoms with van der Waals surface area (Å²) in [5, 5.41) is 0. The van der Waals surface area contributed by atoms with E-state index < -0.39 is 23.5 Å². The summed E-state index contributed by atoms with van der Waals surface area (Å²) < 4.78 is 52.7. The minimum atomic E-state index is -4.59. The summed E-state index contributed by atoms with van der Waals surface area (Å²) in [7, 11) is 0. The van der Waals surface area contributed by atoms with Gasteiger partial charge in [0.05, 0.1) is 11.3 Å². The summed E-state index contributed by atoms with van der Waals surface area (Å²) in [5.41, 5.74) is 4.24. The van der Waals surface area contributed by atoms with Crippen molar-refractivity contribution in [2.45, 2.75) is 6.18 Å². The van der Waals surface area contributed by atoms with Crippen molar-refractivity contribution in [1.29, 1.82) is 0 Å². The average Bonchev–Trinajstić information content (AvgIpc) is 2.66. The first-order chi connectivity index (χ1) is 12.8. The molecule has 2 N–H and O–H groups in total. The van der Waals surface area contributed by atoms with Gasteiger partial charge in [-0.3, -0.25) is 15.6 Å². The zero-order chi connectivity index (χ0) is 19.4. The number of anilines is 1. The van der Waals surface area contributed by atoms with Gasteiger partial charge in [-0.2, -0.15) is 13.2 Å². The number of carbonyl (C=O) groups excluding carboxylic acids is 1. The minimum absolute atomic E-state index is 0.0118. The number of pyridine rings is 1. The maximum atomic E-state index is 13.2. The highest BCUT2D eigenvalue weighted by Crippen LogP contribution is 2.33. The van der Waals surface area contributed by atoms with Gasteiger partial charge in [-0.05, 0) is 30.3 Å². The van der Waals surface area contributed by atoms with Crippen LogP contribution in [0, 0.1) is 5.82 Å². The van der Waals surface area contributed by atoms with Crippen LogP contribution >= 0.6 is 0 Å². The van der Waals surface area contributed by atoms with Crippen molar-refractivity contribution in [3.8, 4) is 11.3 Å². The van der Waals surface area contributed by atoms with E-state index in [0.29, 0.717) is 5.56 Å². The van der Waals surface area contributed by atoms with Gasteiger partial charge in [0.2, 0.25) is 0 Å². The van der Waals surface area contributed by atoms with E-state index in [-0.39, 0.29) is 17.1 Å². The van der Waals surface area contributed by atoms with Crippen LogP contribution in [0.5, 0.6) is 0 Å². The van der Waals surface area contributed by atoms with Crippen LogP contribution in [0.1, 0.15) is 15.9 Å². The van der Waals surface area contributed by atoms with Gasteiger partial charge in [-0.25, -0.2) is 9.37 Å². The highest BCUT2D eigenvalue weighted by Gasteiger charge is 2.31. The van der Waals surface area contributed by atoms with Gasteiger partial charge in [-0.15, -0.1) is 0 Å². The number of hydrazine groups is 1. The fourth-order valence-corrected chi connectivity index (χ4v) is 2.34. The second kappa shape index (κ2) is 7.45. The lowest BCUT2D eigenvalue weighted by atomic mass is 10.1. The van der Waals surface area contributed by atoms with Crippen molar-refractivity contribution in [2.24, 2.45) is 0 Å². The first kappa shape index (κ1) is 18.4. The van der Waals surface area contributed by atoms with Crippen LogP contribution in [0.4, 0.5) is 23.4 Å². The lowest BCUT2D eigenvalue weighted by molar-refractivity contribution is -0.137. The second-order valence-corrected chi connectivity index (χ2v) is 5.58. The Morgan fingerprint density at radius 3 is 2.33 bits per heavy atom. The zero-order valence-electron chi connectivity index (χ0n) is 13.7. The molecule has 0 radical (unpaired) electrons. The second-order valence-electron chi connectivity index (χ2n) is 5.58. The summed E-state index contributed by atoms with van der Waals surface area (Å²) in [4.78, 5) is 16.1. The summed E-state index contributed by atoms with van der Waals surface area (Å²) in [5.74, 6) is -1.52. The number of hydrogen-bond donors (Lipinski definition) is 2. The Hall–Kier alpha value is -3.42. The Morgan fingerprint density at radius 2 is 1.67 bits per heavy atom. The third kappa shape index (κ3) is 4.60. The van der Waals surface area contributed by atoms with Gasteiger partial charge in [0, 0.05) is 11.1 Å². The normalized spacial score (nSPS) is 11.1. The van der Waals surface area contributed by atoms with Crippen LogP contribution in [-0.2, 0) is 6.18 Å². The van der Waals surface area contributed by atoms with Crippen LogP contribution < -0.4 is 10.9 Å². The fraction of sp³-hybridized carbons (Fsp3) is 0.0526. The quantitative estimate of drug-likeness (QED) is 0.515. The number of aromatic nitrogens is 1. The van der Waals surface area contributed by atoms with Gasteiger partial charge in [0.25, 0.3) is 5.91 Å². The number of carbonyl (C=O) groups is 1. The molecule has 4 nitrogen and oxygen atoms in total. The molecule has 1 aromatic heterocycles. The number of nitrogens with zero attached hydrogens (tertiary/aromatic N) is 1. The highest BCUT2D eigenvalue weighted by molar-refractivity contribution is 5.94. The molecule has 0 unspecified atom stereocenters. The topological polar surface area (TPSA) is 54.0 Å². The number of halogens is 4. The molecule has 0 bridgehead atoms. The van der Waals surface area contributed by atoms with Crippen LogP contribution in [0.25, 0.3) is 11.3 Å². The zero-order valence-corrected chi connectivity index (χ0v) is 13.7. The van der Waals surface area contributed by atoms with Crippen molar-refractivity contribution < 1.29 is 22.4 Å². The lowest BCUT2D eigenvalue weighted by Gasteiger charge is -2.13. The summed E-state index contributed by atoms with van der Waals surface area (Å²) in [6.07, 6.45) is -4.59. The first-order valence-corrected chi connectivity index (χ1v) is 7.79. The monoisotopic (exact) mass is 375 g/mol. The number of hydrogen-bond acceptors (Lipinski definition) is 3. The predicted molar refractivity (Wildman–Crippen MR) is 92.2 cm³/mol. The smallest absolute Gasteiger partial charge is 0.282 e. The molecule has 0 saturated carbocycles. The molecule has 3 aromatic rings. The molecule has 2 aromatic carbocycles. The molecular formula is C19H13F4N3O. The van der Waals surface area contributed by atoms with E-state index in [1.165, 1.54) is 18.2 Å². The summed E-state index contributed by atoms with van der Waals surface area (Å²) >= 11 is 0. The summed E-state index contributed by atoms with van der Waals surface area (Å²) in [6.45, 7) is 0. The molecule has 0 saturated heterocycles. The summed E-state index contributed by atoms with van der Waals surface area (Å²) in [6, 6.07) is 14.9. The van der Waals surface area contributed by atoms with Crippen molar-refractivity contribution >= 4 is 11.7 Å². The van der Waals surface area contributed by atoms with Crippen LogP contribution in [-0.4, -0.2) is 10.9 Å². The molecule has 3 rings (SSSR count). The van der Waals surface area contributed by atoms with E-state index in [0.717, 1.165) is 18.2 Å². The van der Waals surface area contributed by atoms with E-state index in [1.807, 2.05) is 0 Å². The van der Waals surface area contributed by atoms with Crippen molar-refractivity contribution in [3.63, 3.8) is 0 Å². The van der Waals surface area contributed by atoms with Gasteiger partial charge < -0.3 is 0 Å². The van der Waals surface area contributed by atoms with Crippen LogP contribution in [0.3, 0.4) is 0 Å². The Kier molecular flexibility index (Phi) is 5.07. The molecule has 0 spiro atoms. The van der Waals surface area contributed by atoms with Crippen molar-refractivity contribution in [1.82, 2.24) is 10.4 Å². The molecule has 1 amide bonds. The first-order valence-electron chi connectivity index (χ1n) is 7.79. The molecule has 8 heteroatoms. The highest BCUT2D eigenvalue weighted by atomic mass is 19.4. The van der Waals surface area contributed by atoms with Crippen molar-refractivity contribution in [2.75, 3.05) is 5.43 Å². The number of nitrogens with one attached hydrogen (secondary N) is 2. The largest absolute Gasteiger partial charge is 0.416 e. The van der Waals surface area contributed by atoms with E-state index >= 15 is 0 Å². The van der Waals surface area contributed by atoms with E-state index in [4.69, 9.17) is 0 Å². The fourth-order valence-electron chi connectivity index (χ4n) is 2.34. The predicted octanol–water partition coefficient (Wildman–Crippen LogP) is 4.66. The minimum Gasteiger partial charge on any atom is -0.282 e. The van der Waals surface area contributed by atoms with Gasteiger partial charge in [0.1, 0.15) is 11.6 Å². The maximum Gasteiger partial charge on any atom is 0.416 e. The SMILES string of the molecule is O=C(NNc1cc(C(F)(F)F)cc(-c2ccccc2)n1)c1cccc(F)c1. The molecule has 0 aliphatic heterocycles. The third-order valence-electron chi connectivity index (χ3n) is 3.61. The number of amides is 1. The molecule has 0 aliphatic carbocycles. The lowest BCUT2D eigenvalue weighted by Crippen LogP contribution is -2.30. The molecule has 27 heavy (non-hydrogen) atoms. The Labute approximate surface area is 151 Å². The molecule has 0 aliphatic rings.